The Kier molecular flexibility index (Phi) is 3.63. The molecule has 1 aromatic heterocycles. The van der Waals surface area contributed by atoms with Gasteiger partial charge in [0.25, 0.3) is 0 Å². The molecule has 2 bridgehead atoms. The first-order valence-electron chi connectivity index (χ1n) is 9.75. The van der Waals surface area contributed by atoms with Crippen LogP contribution in [0.1, 0.15) is 31.4 Å². The predicted molar refractivity (Wildman–Crippen MR) is 99.1 cm³/mol. The van der Waals surface area contributed by atoms with Crippen LogP contribution in [0.2, 0.25) is 0 Å². The van der Waals surface area contributed by atoms with E-state index in [1.54, 1.807) is 0 Å². The number of benzene rings is 1. The SMILES string of the molecule is Cn1c(CN2C[C@@H]3CC[C@H](C2)N(CC2CC2)C3=O)cc2ccccc21. The van der Waals surface area contributed by atoms with Crippen LogP contribution in [0.3, 0.4) is 0 Å². The zero-order valence-electron chi connectivity index (χ0n) is 15.0. The lowest BCUT2D eigenvalue weighted by atomic mass is 9.94. The Labute approximate surface area is 149 Å². The Morgan fingerprint density at radius 1 is 1.08 bits per heavy atom. The van der Waals surface area contributed by atoms with Crippen molar-refractivity contribution in [1.29, 1.82) is 0 Å². The molecule has 0 spiro atoms. The molecule has 4 nitrogen and oxygen atoms in total. The van der Waals surface area contributed by atoms with Crippen molar-refractivity contribution >= 4 is 16.8 Å². The lowest BCUT2D eigenvalue weighted by molar-refractivity contribution is -0.140. The molecular formula is C21H27N3O. The van der Waals surface area contributed by atoms with E-state index in [-0.39, 0.29) is 5.92 Å². The van der Waals surface area contributed by atoms with Crippen molar-refractivity contribution in [3.05, 3.63) is 36.0 Å². The summed E-state index contributed by atoms with van der Waals surface area (Å²) < 4.78 is 2.31. The standard InChI is InChI=1S/C21H27N3O/c1-22-19(10-16-4-2-3-5-20(16)22)14-23-12-17-8-9-18(13-23)24(21(17)25)11-15-6-7-15/h2-5,10,15,17-18H,6-9,11-14H2,1H3/t17-,18+/m0/s1. The van der Waals surface area contributed by atoms with Crippen LogP contribution in [0, 0.1) is 11.8 Å². The first-order valence-corrected chi connectivity index (χ1v) is 9.75. The van der Waals surface area contributed by atoms with Crippen molar-refractivity contribution in [3.8, 4) is 0 Å². The van der Waals surface area contributed by atoms with E-state index in [1.807, 2.05) is 0 Å². The highest BCUT2D eigenvalue weighted by molar-refractivity contribution is 5.81. The van der Waals surface area contributed by atoms with Gasteiger partial charge in [-0.3, -0.25) is 9.69 Å². The number of carbonyl (C=O) groups is 1. The summed E-state index contributed by atoms with van der Waals surface area (Å²) in [6, 6.07) is 11.3. The van der Waals surface area contributed by atoms with E-state index in [9.17, 15) is 4.79 Å². The molecule has 132 valence electrons. The molecule has 0 N–H and O–H groups in total. The van der Waals surface area contributed by atoms with Gasteiger partial charge in [-0.1, -0.05) is 18.2 Å². The Balaban J connectivity index is 1.37. The monoisotopic (exact) mass is 337 g/mol. The lowest BCUT2D eigenvalue weighted by Crippen LogP contribution is -2.48. The van der Waals surface area contributed by atoms with Crippen LogP contribution in [-0.4, -0.2) is 46.0 Å². The van der Waals surface area contributed by atoms with Crippen LogP contribution < -0.4 is 0 Å². The van der Waals surface area contributed by atoms with Gasteiger partial charge in [0, 0.05) is 50.5 Å². The molecule has 1 aliphatic carbocycles. The summed E-state index contributed by atoms with van der Waals surface area (Å²) in [5, 5.41) is 1.31. The summed E-state index contributed by atoms with van der Waals surface area (Å²) >= 11 is 0. The summed E-state index contributed by atoms with van der Waals surface area (Å²) in [5.74, 6) is 1.43. The quantitative estimate of drug-likeness (QED) is 0.858. The highest BCUT2D eigenvalue weighted by Gasteiger charge is 2.42. The number of hydrogen-bond donors (Lipinski definition) is 0. The van der Waals surface area contributed by atoms with E-state index in [0.717, 1.165) is 38.5 Å². The average molecular weight is 337 g/mol. The van der Waals surface area contributed by atoms with E-state index in [1.165, 1.54) is 35.9 Å². The fourth-order valence-corrected chi connectivity index (χ4v) is 4.80. The van der Waals surface area contributed by atoms with Crippen molar-refractivity contribution in [2.24, 2.45) is 18.9 Å². The number of fused-ring (bicyclic) bond motifs is 5. The third-order valence-corrected chi connectivity index (χ3v) is 6.46. The number of carbonyl (C=O) groups excluding carboxylic acids is 1. The third-order valence-electron chi connectivity index (χ3n) is 6.46. The minimum absolute atomic E-state index is 0.215. The second-order valence-corrected chi connectivity index (χ2v) is 8.31. The molecule has 4 heteroatoms. The van der Waals surface area contributed by atoms with Gasteiger partial charge in [-0.2, -0.15) is 0 Å². The van der Waals surface area contributed by atoms with Gasteiger partial charge in [0.1, 0.15) is 0 Å². The summed E-state index contributed by atoms with van der Waals surface area (Å²) in [6.07, 6.45) is 4.91. The molecule has 1 saturated carbocycles. The zero-order valence-corrected chi connectivity index (χ0v) is 15.0. The van der Waals surface area contributed by atoms with Gasteiger partial charge in [0.05, 0.1) is 5.92 Å². The van der Waals surface area contributed by atoms with Gasteiger partial charge in [0.2, 0.25) is 5.91 Å². The molecule has 25 heavy (non-hydrogen) atoms. The molecule has 3 saturated heterocycles. The molecule has 2 aromatic rings. The van der Waals surface area contributed by atoms with Crippen molar-refractivity contribution in [2.45, 2.75) is 38.3 Å². The van der Waals surface area contributed by atoms with Crippen LogP contribution in [0.5, 0.6) is 0 Å². The molecule has 6 rings (SSSR count). The second kappa shape index (κ2) is 5.87. The van der Waals surface area contributed by atoms with E-state index >= 15 is 0 Å². The van der Waals surface area contributed by atoms with E-state index in [0.29, 0.717) is 11.9 Å². The molecule has 2 atom stereocenters. The summed E-state index contributed by atoms with van der Waals surface area (Å²) in [6.45, 7) is 3.93. The topological polar surface area (TPSA) is 28.5 Å². The largest absolute Gasteiger partial charge is 0.346 e. The highest BCUT2D eigenvalue weighted by Crippen LogP contribution is 2.36. The van der Waals surface area contributed by atoms with Gasteiger partial charge in [0.15, 0.2) is 0 Å². The Bertz CT molecular complexity index is 807. The molecule has 4 heterocycles. The number of aromatic nitrogens is 1. The van der Waals surface area contributed by atoms with E-state index < -0.39 is 0 Å². The smallest absolute Gasteiger partial charge is 0.227 e. The van der Waals surface area contributed by atoms with Crippen LogP contribution in [0.15, 0.2) is 30.3 Å². The molecule has 1 aromatic carbocycles. The number of hydrogen-bond acceptors (Lipinski definition) is 2. The number of nitrogens with zero attached hydrogens (tertiary/aromatic N) is 3. The zero-order chi connectivity index (χ0) is 17.0. The van der Waals surface area contributed by atoms with E-state index in [2.05, 4.69) is 51.7 Å². The van der Waals surface area contributed by atoms with Crippen molar-refractivity contribution in [3.63, 3.8) is 0 Å². The number of amides is 1. The van der Waals surface area contributed by atoms with Gasteiger partial charge in [-0.15, -0.1) is 0 Å². The van der Waals surface area contributed by atoms with Crippen LogP contribution in [-0.2, 0) is 18.4 Å². The van der Waals surface area contributed by atoms with Crippen LogP contribution >= 0.6 is 0 Å². The maximum Gasteiger partial charge on any atom is 0.227 e. The number of aryl methyl sites for hydroxylation is 1. The minimum Gasteiger partial charge on any atom is -0.346 e. The summed E-state index contributed by atoms with van der Waals surface area (Å²) in [7, 11) is 2.16. The van der Waals surface area contributed by atoms with Crippen molar-refractivity contribution < 1.29 is 4.79 Å². The first-order chi connectivity index (χ1) is 12.2. The maximum absolute atomic E-state index is 12.9. The van der Waals surface area contributed by atoms with Crippen molar-refractivity contribution in [2.75, 3.05) is 19.6 Å². The molecule has 3 aliphatic heterocycles. The number of piperidine rings is 1. The third kappa shape index (κ3) is 2.77. The van der Waals surface area contributed by atoms with Gasteiger partial charge in [-0.25, -0.2) is 0 Å². The Morgan fingerprint density at radius 2 is 1.92 bits per heavy atom. The van der Waals surface area contributed by atoms with Crippen molar-refractivity contribution in [1.82, 2.24) is 14.4 Å². The molecule has 1 amide bonds. The lowest BCUT2D eigenvalue weighted by Gasteiger charge is -2.36. The summed E-state index contributed by atoms with van der Waals surface area (Å²) in [5.41, 5.74) is 2.64. The van der Waals surface area contributed by atoms with Crippen LogP contribution in [0.25, 0.3) is 10.9 Å². The summed E-state index contributed by atoms with van der Waals surface area (Å²) in [4.78, 5) is 17.6. The Morgan fingerprint density at radius 3 is 2.72 bits per heavy atom. The van der Waals surface area contributed by atoms with Gasteiger partial charge in [-0.05, 0) is 49.1 Å². The molecule has 4 aliphatic rings. The Hall–Kier alpha value is -1.81. The maximum atomic E-state index is 12.9. The van der Waals surface area contributed by atoms with Crippen LogP contribution in [0.4, 0.5) is 0 Å². The first kappa shape index (κ1) is 15.4. The normalized spacial score (nSPS) is 27.2. The molecular weight excluding hydrogens is 310 g/mol. The van der Waals surface area contributed by atoms with Gasteiger partial charge >= 0.3 is 0 Å². The number of rotatable bonds is 4. The fraction of sp³-hybridized carbons (Fsp3) is 0.571. The fourth-order valence-electron chi connectivity index (χ4n) is 4.80. The minimum atomic E-state index is 0.215. The highest BCUT2D eigenvalue weighted by atomic mass is 16.2. The van der Waals surface area contributed by atoms with Gasteiger partial charge < -0.3 is 9.47 Å². The molecule has 4 fully saturated rings. The van der Waals surface area contributed by atoms with E-state index in [4.69, 9.17) is 0 Å². The predicted octanol–water partition coefficient (Wildman–Crippen LogP) is 3.01. The molecule has 0 radical (unpaired) electrons. The number of para-hydroxylation sites is 1. The average Bonchev–Trinajstić information content (AvgIpc) is 3.41. The second-order valence-electron chi connectivity index (χ2n) is 8.31. The molecule has 0 unspecified atom stereocenters.